The van der Waals surface area contributed by atoms with E-state index >= 15 is 0 Å². The van der Waals surface area contributed by atoms with Crippen LogP contribution in [0, 0.1) is 5.92 Å². The summed E-state index contributed by atoms with van der Waals surface area (Å²) in [4.78, 5) is 28.2. The standard InChI is InChI=1S/C23H34N6O3S/c1-18(2)16-29-21(9-8-20(24)30)25-26-23(29)33-17-22(31)28-12-10-27(11-13-28)14-15-32-19-6-4-3-5-7-19/h3-7,18H,8-17H2,1-2H3,(H2,24,30). The molecule has 1 aromatic carbocycles. The van der Waals surface area contributed by atoms with Crippen LogP contribution in [0.2, 0.25) is 0 Å². The highest BCUT2D eigenvalue weighted by atomic mass is 32.2. The first-order chi connectivity index (χ1) is 15.9. The maximum absolute atomic E-state index is 12.8. The highest BCUT2D eigenvalue weighted by molar-refractivity contribution is 7.99. The number of aromatic nitrogens is 3. The molecule has 3 rings (SSSR count). The number of hydrogen-bond acceptors (Lipinski definition) is 7. The lowest BCUT2D eigenvalue weighted by atomic mass is 10.2. The van der Waals surface area contributed by atoms with Crippen molar-refractivity contribution in [2.75, 3.05) is 45.1 Å². The van der Waals surface area contributed by atoms with Crippen molar-refractivity contribution in [3.05, 3.63) is 36.2 Å². The van der Waals surface area contributed by atoms with E-state index in [0.717, 1.165) is 37.8 Å². The molecule has 1 aliphatic rings. The molecule has 2 amide bonds. The van der Waals surface area contributed by atoms with E-state index in [1.54, 1.807) is 0 Å². The second kappa shape index (κ2) is 12.6. The molecule has 1 saturated heterocycles. The lowest BCUT2D eigenvalue weighted by Gasteiger charge is -2.34. The lowest BCUT2D eigenvalue weighted by Crippen LogP contribution is -2.50. The summed E-state index contributed by atoms with van der Waals surface area (Å²) in [6.45, 7) is 9.56. The van der Waals surface area contributed by atoms with Crippen LogP contribution in [0.4, 0.5) is 0 Å². The Balaban J connectivity index is 1.43. The molecule has 2 N–H and O–H groups in total. The van der Waals surface area contributed by atoms with Gasteiger partial charge in [0.15, 0.2) is 5.16 Å². The highest BCUT2D eigenvalue weighted by Crippen LogP contribution is 2.20. The van der Waals surface area contributed by atoms with Crippen molar-refractivity contribution < 1.29 is 14.3 Å². The lowest BCUT2D eigenvalue weighted by molar-refractivity contribution is -0.130. The van der Waals surface area contributed by atoms with Crippen LogP contribution in [0.15, 0.2) is 35.5 Å². The van der Waals surface area contributed by atoms with Crippen LogP contribution >= 0.6 is 11.8 Å². The molecule has 1 aliphatic heterocycles. The van der Waals surface area contributed by atoms with Gasteiger partial charge in [0.2, 0.25) is 11.8 Å². The Morgan fingerprint density at radius 3 is 2.52 bits per heavy atom. The fourth-order valence-electron chi connectivity index (χ4n) is 3.64. The third-order valence-corrected chi connectivity index (χ3v) is 6.36. The summed E-state index contributed by atoms with van der Waals surface area (Å²) >= 11 is 1.41. The van der Waals surface area contributed by atoms with E-state index in [1.807, 2.05) is 39.8 Å². The molecule has 2 aromatic rings. The summed E-state index contributed by atoms with van der Waals surface area (Å²) in [5, 5.41) is 9.21. The number of carbonyl (C=O) groups is 2. The molecule has 0 unspecified atom stereocenters. The number of hydrogen-bond donors (Lipinski definition) is 1. The summed E-state index contributed by atoms with van der Waals surface area (Å²) in [6.07, 6.45) is 0.694. The summed E-state index contributed by atoms with van der Waals surface area (Å²) < 4.78 is 7.79. The Morgan fingerprint density at radius 1 is 1.12 bits per heavy atom. The molecule has 0 atom stereocenters. The number of rotatable bonds is 12. The number of aryl methyl sites for hydroxylation is 1. The number of primary amides is 1. The third kappa shape index (κ3) is 8.04. The topological polar surface area (TPSA) is 107 Å². The zero-order chi connectivity index (χ0) is 23.6. The van der Waals surface area contributed by atoms with E-state index < -0.39 is 0 Å². The second-order valence-electron chi connectivity index (χ2n) is 8.54. The van der Waals surface area contributed by atoms with Gasteiger partial charge in [0.05, 0.1) is 5.75 Å². The third-order valence-electron chi connectivity index (χ3n) is 5.41. The van der Waals surface area contributed by atoms with Crippen molar-refractivity contribution >= 4 is 23.6 Å². The molecule has 2 heterocycles. The molecule has 1 aromatic heterocycles. The van der Waals surface area contributed by atoms with Crippen molar-refractivity contribution in [2.24, 2.45) is 11.7 Å². The Bertz CT molecular complexity index is 897. The molecule has 0 aliphatic carbocycles. The van der Waals surface area contributed by atoms with E-state index in [1.165, 1.54) is 11.8 Å². The molecular formula is C23H34N6O3S. The number of thioether (sulfide) groups is 1. The molecule has 10 heteroatoms. The van der Waals surface area contributed by atoms with Gasteiger partial charge in [-0.1, -0.05) is 43.8 Å². The zero-order valence-electron chi connectivity index (χ0n) is 19.5. The molecule has 9 nitrogen and oxygen atoms in total. The van der Waals surface area contributed by atoms with E-state index in [-0.39, 0.29) is 18.2 Å². The number of ether oxygens (including phenoxy) is 1. The quantitative estimate of drug-likeness (QED) is 0.466. The fraction of sp³-hybridized carbons (Fsp3) is 0.565. The van der Waals surface area contributed by atoms with Gasteiger partial charge in [-0.2, -0.15) is 0 Å². The van der Waals surface area contributed by atoms with Crippen LogP contribution < -0.4 is 10.5 Å². The Labute approximate surface area is 199 Å². The van der Waals surface area contributed by atoms with Crippen LogP contribution in [0.5, 0.6) is 5.75 Å². The minimum Gasteiger partial charge on any atom is -0.492 e. The van der Waals surface area contributed by atoms with Gasteiger partial charge in [-0.15, -0.1) is 10.2 Å². The minimum absolute atomic E-state index is 0.109. The van der Waals surface area contributed by atoms with Gasteiger partial charge in [-0.3, -0.25) is 14.5 Å². The molecule has 33 heavy (non-hydrogen) atoms. The van der Waals surface area contributed by atoms with E-state index in [2.05, 4.69) is 28.9 Å². The molecule has 0 saturated carbocycles. The van der Waals surface area contributed by atoms with Gasteiger partial charge in [0.1, 0.15) is 18.2 Å². The number of para-hydroxylation sites is 1. The van der Waals surface area contributed by atoms with Gasteiger partial charge in [0.25, 0.3) is 0 Å². The summed E-state index contributed by atoms with van der Waals surface area (Å²) in [5.41, 5.74) is 5.28. The largest absolute Gasteiger partial charge is 0.492 e. The predicted octanol–water partition coefficient (Wildman–Crippen LogP) is 1.67. The fourth-order valence-corrected chi connectivity index (χ4v) is 4.51. The number of piperazine rings is 1. The molecule has 0 radical (unpaired) electrons. The Morgan fingerprint density at radius 2 is 1.85 bits per heavy atom. The van der Waals surface area contributed by atoms with Crippen molar-refractivity contribution in [3.8, 4) is 5.75 Å². The van der Waals surface area contributed by atoms with Gasteiger partial charge < -0.3 is 19.9 Å². The normalized spacial score (nSPS) is 14.6. The van der Waals surface area contributed by atoms with Crippen molar-refractivity contribution in [2.45, 2.75) is 38.4 Å². The molecule has 0 spiro atoms. The molecule has 1 fully saturated rings. The summed E-state index contributed by atoms with van der Waals surface area (Å²) in [5.74, 6) is 2.09. The van der Waals surface area contributed by atoms with Gasteiger partial charge in [0, 0.05) is 52.1 Å². The van der Waals surface area contributed by atoms with Crippen molar-refractivity contribution in [3.63, 3.8) is 0 Å². The first-order valence-corrected chi connectivity index (χ1v) is 12.4. The summed E-state index contributed by atoms with van der Waals surface area (Å²) in [6, 6.07) is 9.81. The monoisotopic (exact) mass is 474 g/mol. The van der Waals surface area contributed by atoms with Crippen LogP contribution in [-0.2, 0) is 22.6 Å². The average Bonchev–Trinajstić information content (AvgIpc) is 3.18. The number of nitrogens with two attached hydrogens (primary N) is 1. The number of amides is 2. The Hall–Kier alpha value is -2.59. The average molecular weight is 475 g/mol. The highest BCUT2D eigenvalue weighted by Gasteiger charge is 2.22. The predicted molar refractivity (Wildman–Crippen MR) is 128 cm³/mol. The summed E-state index contributed by atoms with van der Waals surface area (Å²) in [7, 11) is 0. The van der Waals surface area contributed by atoms with Gasteiger partial charge >= 0.3 is 0 Å². The number of carbonyl (C=O) groups excluding carboxylic acids is 2. The SMILES string of the molecule is CC(C)Cn1c(CCC(N)=O)nnc1SCC(=O)N1CCN(CCOc2ccccc2)CC1. The number of nitrogens with zero attached hydrogens (tertiary/aromatic N) is 5. The smallest absolute Gasteiger partial charge is 0.233 e. The first kappa shape index (κ1) is 25.0. The number of benzene rings is 1. The molecule has 180 valence electrons. The van der Waals surface area contributed by atoms with Crippen molar-refractivity contribution in [1.29, 1.82) is 0 Å². The van der Waals surface area contributed by atoms with Crippen LogP contribution in [0.3, 0.4) is 0 Å². The maximum Gasteiger partial charge on any atom is 0.233 e. The first-order valence-electron chi connectivity index (χ1n) is 11.4. The Kier molecular flexibility index (Phi) is 9.56. The molecule has 0 bridgehead atoms. The van der Waals surface area contributed by atoms with Gasteiger partial charge in [-0.25, -0.2) is 0 Å². The van der Waals surface area contributed by atoms with Crippen LogP contribution in [0.25, 0.3) is 0 Å². The van der Waals surface area contributed by atoms with Gasteiger partial charge in [-0.05, 0) is 18.1 Å². The van der Waals surface area contributed by atoms with E-state index in [9.17, 15) is 9.59 Å². The van der Waals surface area contributed by atoms with Crippen LogP contribution in [0.1, 0.15) is 26.1 Å². The van der Waals surface area contributed by atoms with Crippen LogP contribution in [-0.4, -0.2) is 81.5 Å². The maximum atomic E-state index is 12.8. The minimum atomic E-state index is -0.357. The van der Waals surface area contributed by atoms with Crippen molar-refractivity contribution in [1.82, 2.24) is 24.6 Å². The second-order valence-corrected chi connectivity index (χ2v) is 9.48. The zero-order valence-corrected chi connectivity index (χ0v) is 20.3. The molecular weight excluding hydrogens is 440 g/mol. The van der Waals surface area contributed by atoms with E-state index in [0.29, 0.717) is 42.9 Å². The van der Waals surface area contributed by atoms with E-state index in [4.69, 9.17) is 10.5 Å².